The van der Waals surface area contributed by atoms with Gasteiger partial charge in [0.2, 0.25) is 0 Å². The predicted molar refractivity (Wildman–Crippen MR) is 74.4 cm³/mol. The number of para-hydroxylation sites is 1. The van der Waals surface area contributed by atoms with Gasteiger partial charge in [0.15, 0.2) is 0 Å². The summed E-state index contributed by atoms with van der Waals surface area (Å²) in [4.78, 5) is 5.11. The third kappa shape index (κ3) is 1.73. The Morgan fingerprint density at radius 3 is 2.59 bits per heavy atom. The Balaban J connectivity index is 2.19. The number of nitrogens with zero attached hydrogens (tertiary/aromatic N) is 1. The van der Waals surface area contributed by atoms with E-state index in [0.717, 1.165) is 6.54 Å². The lowest BCUT2D eigenvalue weighted by atomic mass is 10.1. The van der Waals surface area contributed by atoms with E-state index >= 15 is 0 Å². The van der Waals surface area contributed by atoms with Gasteiger partial charge in [-0.2, -0.15) is 0 Å². The molecule has 2 aromatic rings. The highest BCUT2D eigenvalue weighted by atomic mass is 32.2. The first-order valence-corrected chi connectivity index (χ1v) is 6.76. The molecule has 1 aliphatic heterocycles. The molecular weight excluding hydrogens is 226 g/mol. The SMILES string of the molecule is CCN1c2ccccc2Sc2ccc(C)cc21. The molecule has 0 aromatic heterocycles. The summed E-state index contributed by atoms with van der Waals surface area (Å²) >= 11 is 1.87. The highest BCUT2D eigenvalue weighted by Gasteiger charge is 2.21. The van der Waals surface area contributed by atoms with Crippen LogP contribution in [0, 0.1) is 6.92 Å². The summed E-state index contributed by atoms with van der Waals surface area (Å²) in [6.07, 6.45) is 0. The van der Waals surface area contributed by atoms with Gasteiger partial charge >= 0.3 is 0 Å². The van der Waals surface area contributed by atoms with Crippen LogP contribution in [0.15, 0.2) is 52.3 Å². The summed E-state index contributed by atoms with van der Waals surface area (Å²) in [5, 5.41) is 0. The molecular formula is C15H15NS. The Bertz CT molecular complexity index is 563. The van der Waals surface area contributed by atoms with Gasteiger partial charge in [0.25, 0.3) is 0 Å². The molecule has 0 aliphatic carbocycles. The molecule has 1 nitrogen and oxygen atoms in total. The molecule has 2 heteroatoms. The first-order chi connectivity index (χ1) is 8.29. The topological polar surface area (TPSA) is 3.24 Å². The molecule has 2 aromatic carbocycles. The van der Waals surface area contributed by atoms with Crippen molar-refractivity contribution >= 4 is 23.1 Å². The first-order valence-electron chi connectivity index (χ1n) is 5.94. The summed E-state index contributed by atoms with van der Waals surface area (Å²) in [6, 6.07) is 15.3. The van der Waals surface area contributed by atoms with Gasteiger partial charge in [-0.15, -0.1) is 0 Å². The average molecular weight is 241 g/mol. The van der Waals surface area contributed by atoms with E-state index in [-0.39, 0.29) is 0 Å². The number of hydrogen-bond donors (Lipinski definition) is 0. The van der Waals surface area contributed by atoms with Gasteiger partial charge < -0.3 is 4.90 Å². The fourth-order valence-corrected chi connectivity index (χ4v) is 3.36. The summed E-state index contributed by atoms with van der Waals surface area (Å²) in [7, 11) is 0. The number of rotatable bonds is 1. The van der Waals surface area contributed by atoms with Crippen molar-refractivity contribution in [3.05, 3.63) is 48.0 Å². The number of fused-ring (bicyclic) bond motifs is 2. The molecule has 86 valence electrons. The van der Waals surface area contributed by atoms with Crippen LogP contribution in [-0.4, -0.2) is 6.54 Å². The second-order valence-corrected chi connectivity index (χ2v) is 5.37. The molecule has 0 N–H and O–H groups in total. The monoisotopic (exact) mass is 241 g/mol. The van der Waals surface area contributed by atoms with Crippen LogP contribution in [0.3, 0.4) is 0 Å². The summed E-state index contributed by atoms with van der Waals surface area (Å²) in [5.41, 5.74) is 4.00. The number of aryl methyl sites for hydroxylation is 1. The van der Waals surface area contributed by atoms with Crippen molar-refractivity contribution in [2.45, 2.75) is 23.6 Å². The molecule has 17 heavy (non-hydrogen) atoms. The van der Waals surface area contributed by atoms with Gasteiger partial charge in [0.1, 0.15) is 0 Å². The zero-order chi connectivity index (χ0) is 11.8. The maximum Gasteiger partial charge on any atom is 0.0555 e. The zero-order valence-corrected chi connectivity index (χ0v) is 10.9. The fraction of sp³-hybridized carbons (Fsp3) is 0.200. The maximum absolute atomic E-state index is 2.40. The molecule has 0 spiro atoms. The minimum Gasteiger partial charge on any atom is -0.340 e. The van der Waals surface area contributed by atoms with Crippen LogP contribution in [-0.2, 0) is 0 Å². The molecule has 0 fully saturated rings. The molecule has 0 radical (unpaired) electrons. The average Bonchev–Trinajstić information content (AvgIpc) is 2.36. The van der Waals surface area contributed by atoms with Crippen LogP contribution in [0.5, 0.6) is 0 Å². The van der Waals surface area contributed by atoms with E-state index in [1.165, 1.54) is 26.7 Å². The summed E-state index contributed by atoms with van der Waals surface area (Å²) in [5.74, 6) is 0. The Morgan fingerprint density at radius 1 is 1.00 bits per heavy atom. The second kappa shape index (κ2) is 4.11. The van der Waals surface area contributed by atoms with E-state index in [4.69, 9.17) is 0 Å². The van der Waals surface area contributed by atoms with E-state index < -0.39 is 0 Å². The smallest absolute Gasteiger partial charge is 0.0555 e. The molecule has 0 bridgehead atoms. The highest BCUT2D eigenvalue weighted by Crippen LogP contribution is 2.47. The van der Waals surface area contributed by atoms with Crippen LogP contribution in [0.25, 0.3) is 0 Å². The van der Waals surface area contributed by atoms with E-state index in [9.17, 15) is 0 Å². The van der Waals surface area contributed by atoms with Gasteiger partial charge in [0.05, 0.1) is 11.4 Å². The number of hydrogen-bond acceptors (Lipinski definition) is 2. The van der Waals surface area contributed by atoms with Crippen LogP contribution < -0.4 is 4.90 Å². The summed E-state index contributed by atoms with van der Waals surface area (Å²) in [6.45, 7) is 5.37. The van der Waals surface area contributed by atoms with Crippen molar-refractivity contribution in [1.29, 1.82) is 0 Å². The Kier molecular flexibility index (Phi) is 2.60. The molecule has 0 unspecified atom stereocenters. The third-order valence-corrected chi connectivity index (χ3v) is 4.23. The Morgan fingerprint density at radius 2 is 1.76 bits per heavy atom. The van der Waals surface area contributed by atoms with Crippen molar-refractivity contribution in [1.82, 2.24) is 0 Å². The van der Waals surface area contributed by atoms with E-state index in [1.807, 2.05) is 11.8 Å². The van der Waals surface area contributed by atoms with Crippen LogP contribution >= 0.6 is 11.8 Å². The molecule has 0 saturated heterocycles. The molecule has 0 saturated carbocycles. The lowest BCUT2D eigenvalue weighted by Crippen LogP contribution is -2.19. The third-order valence-electron chi connectivity index (χ3n) is 3.10. The van der Waals surface area contributed by atoms with Crippen molar-refractivity contribution < 1.29 is 0 Å². The maximum atomic E-state index is 2.40. The van der Waals surface area contributed by atoms with Crippen molar-refractivity contribution in [2.75, 3.05) is 11.4 Å². The molecule has 1 aliphatic rings. The molecule has 0 atom stereocenters. The van der Waals surface area contributed by atoms with Crippen molar-refractivity contribution in [3.8, 4) is 0 Å². The normalized spacial score (nSPS) is 13.2. The van der Waals surface area contributed by atoms with Crippen molar-refractivity contribution in [2.24, 2.45) is 0 Å². The Hall–Kier alpha value is -1.41. The van der Waals surface area contributed by atoms with E-state index in [2.05, 4.69) is 61.2 Å². The minimum atomic E-state index is 1.01. The molecule has 1 heterocycles. The molecule has 3 rings (SSSR count). The molecule has 0 amide bonds. The van der Waals surface area contributed by atoms with Crippen LogP contribution in [0.1, 0.15) is 12.5 Å². The quantitative estimate of drug-likeness (QED) is 0.717. The van der Waals surface area contributed by atoms with Crippen LogP contribution in [0.4, 0.5) is 11.4 Å². The van der Waals surface area contributed by atoms with Gasteiger partial charge in [-0.05, 0) is 43.7 Å². The van der Waals surface area contributed by atoms with E-state index in [1.54, 1.807) is 0 Å². The number of anilines is 2. The van der Waals surface area contributed by atoms with Crippen molar-refractivity contribution in [3.63, 3.8) is 0 Å². The fourth-order valence-electron chi connectivity index (χ4n) is 2.28. The first kappa shape index (κ1) is 10.7. The second-order valence-electron chi connectivity index (χ2n) is 4.29. The lowest BCUT2D eigenvalue weighted by Gasteiger charge is -2.32. The van der Waals surface area contributed by atoms with Gasteiger partial charge in [0, 0.05) is 16.3 Å². The highest BCUT2D eigenvalue weighted by molar-refractivity contribution is 7.99. The zero-order valence-electron chi connectivity index (χ0n) is 10.1. The van der Waals surface area contributed by atoms with Gasteiger partial charge in [-0.1, -0.05) is 30.0 Å². The standard InChI is InChI=1S/C15H15NS/c1-3-16-12-6-4-5-7-14(12)17-15-9-8-11(2)10-13(15)16/h4-10H,3H2,1-2H3. The van der Waals surface area contributed by atoms with Gasteiger partial charge in [-0.25, -0.2) is 0 Å². The minimum absolute atomic E-state index is 1.01. The number of benzene rings is 2. The van der Waals surface area contributed by atoms with Gasteiger partial charge in [-0.3, -0.25) is 0 Å². The largest absolute Gasteiger partial charge is 0.340 e. The summed E-state index contributed by atoms with van der Waals surface area (Å²) < 4.78 is 0. The Labute approximate surface area is 106 Å². The van der Waals surface area contributed by atoms with E-state index in [0.29, 0.717) is 0 Å². The van der Waals surface area contributed by atoms with Crippen LogP contribution in [0.2, 0.25) is 0 Å². The predicted octanol–water partition coefficient (Wildman–Crippen LogP) is 4.62. The lowest BCUT2D eigenvalue weighted by molar-refractivity contribution is 0.977.